The second-order valence-corrected chi connectivity index (χ2v) is 20.4. The minimum Gasteiger partial charge on any atom is -0.444 e. The molecule has 0 saturated carbocycles. The van der Waals surface area contributed by atoms with Gasteiger partial charge in [-0.3, -0.25) is 9.36 Å². The number of pyridine rings is 1. The zero-order valence-electron chi connectivity index (χ0n) is 30.4. The summed E-state index contributed by atoms with van der Waals surface area (Å²) < 4.78 is 7.17. The van der Waals surface area contributed by atoms with Gasteiger partial charge in [-0.1, -0.05) is 65.7 Å². The molecule has 0 atom stereocenters. The van der Waals surface area contributed by atoms with Gasteiger partial charge in [0.05, 0.1) is 11.1 Å². The van der Waals surface area contributed by atoms with Gasteiger partial charge in [0.2, 0.25) is 5.95 Å². The molecule has 2 aromatic carbocycles. The van der Waals surface area contributed by atoms with Crippen molar-refractivity contribution >= 4 is 42.5 Å². The Morgan fingerprint density at radius 1 is 0.878 bits per heavy atom. The van der Waals surface area contributed by atoms with Gasteiger partial charge in [0.25, 0.3) is 5.56 Å². The number of hydrogen-bond donors (Lipinski definition) is 1. The minimum absolute atomic E-state index is 0.185. The minimum atomic E-state index is -2.04. The lowest BCUT2D eigenvalue weighted by Crippen LogP contribution is -2.50. The highest BCUT2D eigenvalue weighted by Crippen LogP contribution is 2.41. The van der Waals surface area contributed by atoms with Crippen LogP contribution in [0.2, 0.25) is 16.6 Å². The van der Waals surface area contributed by atoms with Gasteiger partial charge in [0.15, 0.2) is 5.65 Å². The molecule has 1 saturated heterocycles. The van der Waals surface area contributed by atoms with Crippen LogP contribution in [-0.4, -0.2) is 65.4 Å². The van der Waals surface area contributed by atoms with E-state index in [1.807, 2.05) is 63.2 Å². The molecular formula is C39H50N6O3Si. The van der Waals surface area contributed by atoms with E-state index in [1.54, 1.807) is 21.7 Å². The summed E-state index contributed by atoms with van der Waals surface area (Å²) in [6, 6.07) is 19.3. The summed E-state index contributed by atoms with van der Waals surface area (Å²) in [5.41, 5.74) is 8.27. The zero-order valence-corrected chi connectivity index (χ0v) is 31.4. The number of carbonyl (C=O) groups excluding carboxylic acids is 1. The number of fused-ring (bicyclic) bond motifs is 1. The molecule has 4 aromatic rings. The Morgan fingerprint density at radius 2 is 1.49 bits per heavy atom. The Hall–Kier alpha value is -4.62. The quantitative estimate of drug-likeness (QED) is 0.156. The maximum atomic E-state index is 13.7. The summed E-state index contributed by atoms with van der Waals surface area (Å²) in [5, 5.41) is 4.07. The largest absolute Gasteiger partial charge is 0.444 e. The van der Waals surface area contributed by atoms with Crippen LogP contribution in [-0.2, 0) is 4.74 Å². The van der Waals surface area contributed by atoms with Crippen molar-refractivity contribution < 1.29 is 9.53 Å². The van der Waals surface area contributed by atoms with Gasteiger partial charge in [-0.15, -0.1) is 5.54 Å². The molecule has 0 bridgehead atoms. The van der Waals surface area contributed by atoms with Crippen molar-refractivity contribution in [2.24, 2.45) is 0 Å². The summed E-state index contributed by atoms with van der Waals surface area (Å²) in [7, 11) is -2.04. The number of para-hydroxylation sites is 1. The number of benzene rings is 2. The SMILES string of the molecule is CC(C)[Si](C#Cc1cc(=O)n(-c2ccccc2)c2nc(Nc3ccc(N4CCN(C(=O)OC(C)(C)C)CC4)cc3)ncc12)(C(C)C)C(C)C. The molecule has 1 aliphatic heterocycles. The number of aromatic nitrogens is 3. The van der Waals surface area contributed by atoms with Crippen molar-refractivity contribution in [3.63, 3.8) is 0 Å². The highest BCUT2D eigenvalue weighted by molar-refractivity contribution is 6.90. The predicted molar refractivity (Wildman–Crippen MR) is 203 cm³/mol. The topological polar surface area (TPSA) is 92.6 Å². The van der Waals surface area contributed by atoms with Crippen molar-refractivity contribution in [1.29, 1.82) is 0 Å². The first-order valence-corrected chi connectivity index (χ1v) is 19.5. The van der Waals surface area contributed by atoms with Gasteiger partial charge in [-0.05, 0) is 73.8 Å². The molecule has 3 heterocycles. The van der Waals surface area contributed by atoms with Crippen LogP contribution in [0.5, 0.6) is 0 Å². The van der Waals surface area contributed by atoms with Crippen LogP contribution >= 0.6 is 0 Å². The van der Waals surface area contributed by atoms with Crippen molar-refractivity contribution in [3.8, 4) is 17.2 Å². The number of anilines is 3. The van der Waals surface area contributed by atoms with Crippen LogP contribution in [0.3, 0.4) is 0 Å². The number of carbonyl (C=O) groups is 1. The van der Waals surface area contributed by atoms with E-state index in [-0.39, 0.29) is 11.7 Å². The molecule has 0 radical (unpaired) electrons. The zero-order chi connectivity index (χ0) is 35.5. The Kier molecular flexibility index (Phi) is 10.5. The summed E-state index contributed by atoms with van der Waals surface area (Å²) in [6.07, 6.45) is 1.51. The molecular weight excluding hydrogens is 629 g/mol. The average molecular weight is 679 g/mol. The molecule has 5 rings (SSSR count). The van der Waals surface area contributed by atoms with Crippen molar-refractivity contribution in [1.82, 2.24) is 19.4 Å². The molecule has 258 valence electrons. The highest BCUT2D eigenvalue weighted by Gasteiger charge is 2.41. The summed E-state index contributed by atoms with van der Waals surface area (Å²) in [6.45, 7) is 22.0. The smallest absolute Gasteiger partial charge is 0.410 e. The van der Waals surface area contributed by atoms with Crippen LogP contribution in [0.15, 0.2) is 71.7 Å². The number of hydrogen-bond acceptors (Lipinski definition) is 7. The average Bonchev–Trinajstić information content (AvgIpc) is 3.04. The first kappa shape index (κ1) is 35.7. The van der Waals surface area contributed by atoms with Crippen LogP contribution in [0, 0.1) is 11.5 Å². The van der Waals surface area contributed by atoms with Gasteiger partial charge in [-0.2, -0.15) is 4.98 Å². The molecule has 1 fully saturated rings. The van der Waals surface area contributed by atoms with E-state index in [0.29, 0.717) is 46.9 Å². The summed E-state index contributed by atoms with van der Waals surface area (Å²) in [4.78, 5) is 39.8. The van der Waals surface area contributed by atoms with E-state index in [1.165, 1.54) is 0 Å². The third kappa shape index (κ3) is 7.83. The third-order valence-corrected chi connectivity index (χ3v) is 15.8. The van der Waals surface area contributed by atoms with Crippen molar-refractivity contribution in [2.45, 2.75) is 84.5 Å². The Bertz CT molecular complexity index is 1870. The van der Waals surface area contributed by atoms with Crippen LogP contribution in [0.4, 0.5) is 22.1 Å². The van der Waals surface area contributed by atoms with E-state index in [2.05, 4.69) is 80.3 Å². The molecule has 2 aromatic heterocycles. The van der Waals surface area contributed by atoms with Gasteiger partial charge >= 0.3 is 6.09 Å². The maximum absolute atomic E-state index is 13.7. The molecule has 1 N–H and O–H groups in total. The second kappa shape index (κ2) is 14.5. The maximum Gasteiger partial charge on any atom is 0.410 e. The highest BCUT2D eigenvalue weighted by atomic mass is 28.3. The van der Waals surface area contributed by atoms with Gasteiger partial charge in [-0.25, -0.2) is 9.78 Å². The first-order chi connectivity index (χ1) is 23.2. The molecule has 1 amide bonds. The van der Waals surface area contributed by atoms with E-state index >= 15 is 0 Å². The van der Waals surface area contributed by atoms with Gasteiger partial charge in [0.1, 0.15) is 13.7 Å². The Labute approximate surface area is 291 Å². The molecule has 1 aliphatic rings. The predicted octanol–water partition coefficient (Wildman–Crippen LogP) is 8.15. The van der Waals surface area contributed by atoms with Gasteiger partial charge in [0, 0.05) is 55.4 Å². The van der Waals surface area contributed by atoms with Crippen LogP contribution in [0.1, 0.15) is 67.9 Å². The lowest BCUT2D eigenvalue weighted by Gasteiger charge is -2.38. The number of nitrogens with one attached hydrogen (secondary N) is 1. The molecule has 0 aliphatic carbocycles. The van der Waals surface area contributed by atoms with Crippen LogP contribution < -0.4 is 15.8 Å². The van der Waals surface area contributed by atoms with Gasteiger partial charge < -0.3 is 19.9 Å². The molecule has 49 heavy (non-hydrogen) atoms. The molecule has 9 nitrogen and oxygen atoms in total. The fourth-order valence-electron chi connectivity index (χ4n) is 7.06. The molecule has 0 spiro atoms. The fraction of sp³-hybridized carbons (Fsp3) is 0.436. The number of piperazine rings is 1. The molecule has 10 heteroatoms. The van der Waals surface area contributed by atoms with E-state index in [0.717, 1.165) is 35.5 Å². The van der Waals surface area contributed by atoms with Crippen molar-refractivity contribution in [2.75, 3.05) is 36.4 Å². The van der Waals surface area contributed by atoms with Crippen molar-refractivity contribution in [3.05, 3.63) is 82.8 Å². The summed E-state index contributed by atoms with van der Waals surface area (Å²) in [5.74, 6) is 3.87. The number of rotatable bonds is 7. The standard InChI is InChI=1S/C39H50N6O3Si/c1-27(2)49(28(3)4,29(5)6)24-19-30-25-35(46)45(33-13-11-10-12-14-33)36-34(30)26-40-37(42-36)41-31-15-17-32(18-16-31)43-20-22-44(23-21-43)38(47)48-39(7,8)9/h10-18,25-29H,20-23H2,1-9H3,(H,40,41,42). The number of nitrogens with zero attached hydrogens (tertiary/aromatic N) is 5. The molecule has 0 unspecified atom stereocenters. The summed E-state index contributed by atoms with van der Waals surface area (Å²) >= 11 is 0. The van der Waals surface area contributed by atoms with E-state index in [4.69, 9.17) is 9.72 Å². The Morgan fingerprint density at radius 3 is 2.06 bits per heavy atom. The van der Waals surface area contributed by atoms with E-state index < -0.39 is 13.7 Å². The number of amides is 1. The lowest BCUT2D eigenvalue weighted by molar-refractivity contribution is 0.0240. The monoisotopic (exact) mass is 678 g/mol. The Balaban J connectivity index is 1.44. The normalized spacial score (nSPS) is 14.0. The number of ether oxygens (including phenoxy) is 1. The lowest BCUT2D eigenvalue weighted by atomic mass is 10.2. The van der Waals surface area contributed by atoms with E-state index in [9.17, 15) is 9.59 Å². The fourth-order valence-corrected chi connectivity index (χ4v) is 12.3. The first-order valence-electron chi connectivity index (χ1n) is 17.3. The second-order valence-electron chi connectivity index (χ2n) is 14.8. The van der Waals surface area contributed by atoms with Crippen LogP contribution in [0.25, 0.3) is 16.7 Å². The third-order valence-electron chi connectivity index (χ3n) is 9.47.